The third-order valence-electron chi connectivity index (χ3n) is 3.00. The van der Waals surface area contributed by atoms with E-state index in [2.05, 4.69) is 10.1 Å². The standard InChI is InChI=1S/C12H13ClFNO5S/c1-19-11-9(14)4-7(5-10(11)21(13,17)18)12(16)15-8-2-3-20-6-8/h4-5,8H,2-3,6H2,1H3,(H,15,16). The van der Waals surface area contributed by atoms with E-state index >= 15 is 0 Å². The van der Waals surface area contributed by atoms with Gasteiger partial charge >= 0.3 is 0 Å². The molecule has 1 fully saturated rings. The van der Waals surface area contributed by atoms with Crippen LogP contribution in [0.4, 0.5) is 4.39 Å². The molecule has 0 bridgehead atoms. The SMILES string of the molecule is COc1c(F)cc(C(=O)NC2CCOC2)cc1S(=O)(=O)Cl. The first-order chi connectivity index (χ1) is 9.82. The lowest BCUT2D eigenvalue weighted by Gasteiger charge is -2.13. The summed E-state index contributed by atoms with van der Waals surface area (Å²) < 4.78 is 46.6. The van der Waals surface area contributed by atoms with Gasteiger partial charge in [0.25, 0.3) is 15.0 Å². The summed E-state index contributed by atoms with van der Waals surface area (Å²) in [5.41, 5.74) is -0.153. The predicted molar refractivity (Wildman–Crippen MR) is 72.7 cm³/mol. The summed E-state index contributed by atoms with van der Waals surface area (Å²) in [5.74, 6) is -2.11. The van der Waals surface area contributed by atoms with Crippen LogP contribution in [0.15, 0.2) is 17.0 Å². The van der Waals surface area contributed by atoms with E-state index in [9.17, 15) is 17.6 Å². The molecule has 1 heterocycles. The number of ether oxygens (including phenoxy) is 2. The van der Waals surface area contributed by atoms with Crippen LogP contribution in [0.5, 0.6) is 5.75 Å². The van der Waals surface area contributed by atoms with Crippen LogP contribution in [0.25, 0.3) is 0 Å². The molecule has 21 heavy (non-hydrogen) atoms. The molecule has 1 aliphatic rings. The fourth-order valence-electron chi connectivity index (χ4n) is 2.00. The monoisotopic (exact) mass is 337 g/mol. The van der Waals surface area contributed by atoms with Gasteiger partial charge in [-0.3, -0.25) is 4.79 Å². The van der Waals surface area contributed by atoms with Crippen LogP contribution in [0.1, 0.15) is 16.8 Å². The Hall–Kier alpha value is -1.38. The van der Waals surface area contributed by atoms with Crippen molar-refractivity contribution in [3.05, 3.63) is 23.5 Å². The Morgan fingerprint density at radius 3 is 2.76 bits per heavy atom. The molecule has 0 aliphatic carbocycles. The Morgan fingerprint density at radius 1 is 1.52 bits per heavy atom. The van der Waals surface area contributed by atoms with Gasteiger partial charge in [0, 0.05) is 22.9 Å². The Kier molecular flexibility index (Phi) is 4.70. The molecule has 9 heteroatoms. The number of halogens is 2. The van der Waals surface area contributed by atoms with Crippen LogP contribution >= 0.6 is 10.7 Å². The van der Waals surface area contributed by atoms with Crippen LogP contribution in [-0.2, 0) is 13.8 Å². The quantitative estimate of drug-likeness (QED) is 0.837. The summed E-state index contributed by atoms with van der Waals surface area (Å²) in [6.07, 6.45) is 0.644. The van der Waals surface area contributed by atoms with Gasteiger partial charge in [0.2, 0.25) is 0 Å². The Morgan fingerprint density at radius 2 is 2.24 bits per heavy atom. The molecule has 1 aromatic rings. The highest BCUT2D eigenvalue weighted by Crippen LogP contribution is 2.31. The average Bonchev–Trinajstić information content (AvgIpc) is 2.89. The minimum atomic E-state index is -4.25. The number of nitrogens with one attached hydrogen (secondary N) is 1. The highest BCUT2D eigenvalue weighted by atomic mass is 35.7. The molecule has 0 aromatic heterocycles. The fraction of sp³-hybridized carbons (Fsp3) is 0.417. The second kappa shape index (κ2) is 6.17. The summed E-state index contributed by atoms with van der Waals surface area (Å²) in [7, 11) is 2.10. The summed E-state index contributed by atoms with van der Waals surface area (Å²) in [4.78, 5) is 11.4. The first kappa shape index (κ1) is 16.0. The number of benzene rings is 1. The van der Waals surface area contributed by atoms with Crippen molar-refractivity contribution in [1.82, 2.24) is 5.32 Å². The van der Waals surface area contributed by atoms with E-state index in [4.69, 9.17) is 15.4 Å². The van der Waals surface area contributed by atoms with Gasteiger partial charge in [-0.15, -0.1) is 0 Å². The highest BCUT2D eigenvalue weighted by molar-refractivity contribution is 8.13. The summed E-state index contributed by atoms with van der Waals surface area (Å²) >= 11 is 0. The topological polar surface area (TPSA) is 81.7 Å². The van der Waals surface area contributed by atoms with Crippen molar-refractivity contribution in [1.29, 1.82) is 0 Å². The van der Waals surface area contributed by atoms with Gasteiger partial charge in [0.15, 0.2) is 11.6 Å². The second-order valence-electron chi connectivity index (χ2n) is 4.46. The van der Waals surface area contributed by atoms with Crippen molar-refractivity contribution in [3.63, 3.8) is 0 Å². The number of carbonyl (C=O) groups is 1. The zero-order valence-electron chi connectivity index (χ0n) is 11.1. The Labute approximate surface area is 125 Å². The van der Waals surface area contributed by atoms with E-state index < -0.39 is 31.4 Å². The van der Waals surface area contributed by atoms with E-state index in [0.29, 0.717) is 19.6 Å². The number of carbonyl (C=O) groups excluding carboxylic acids is 1. The van der Waals surface area contributed by atoms with Gasteiger partial charge < -0.3 is 14.8 Å². The molecule has 1 saturated heterocycles. The minimum Gasteiger partial charge on any atom is -0.492 e. The molecular formula is C12H13ClFNO5S. The number of rotatable bonds is 4. The molecule has 1 aromatic carbocycles. The smallest absolute Gasteiger partial charge is 0.265 e. The van der Waals surface area contributed by atoms with Crippen molar-refractivity contribution in [2.24, 2.45) is 0 Å². The van der Waals surface area contributed by atoms with Gasteiger partial charge in [0.1, 0.15) is 4.90 Å². The van der Waals surface area contributed by atoms with Gasteiger partial charge in [-0.05, 0) is 18.6 Å². The lowest BCUT2D eigenvalue weighted by atomic mass is 10.1. The molecule has 1 amide bonds. The third-order valence-corrected chi connectivity index (χ3v) is 4.33. The Balaban J connectivity index is 2.36. The number of methoxy groups -OCH3 is 1. The average molecular weight is 338 g/mol. The molecular weight excluding hydrogens is 325 g/mol. The van der Waals surface area contributed by atoms with E-state index in [1.807, 2.05) is 0 Å². The van der Waals surface area contributed by atoms with E-state index in [0.717, 1.165) is 19.2 Å². The van der Waals surface area contributed by atoms with E-state index in [1.54, 1.807) is 0 Å². The van der Waals surface area contributed by atoms with Gasteiger partial charge in [-0.25, -0.2) is 12.8 Å². The zero-order valence-corrected chi connectivity index (χ0v) is 12.6. The molecule has 0 radical (unpaired) electrons. The number of hydrogen-bond acceptors (Lipinski definition) is 5. The zero-order chi connectivity index (χ0) is 15.6. The molecule has 1 unspecified atom stereocenters. The van der Waals surface area contributed by atoms with Crippen molar-refractivity contribution in [2.75, 3.05) is 20.3 Å². The van der Waals surface area contributed by atoms with Crippen LogP contribution in [0.2, 0.25) is 0 Å². The highest BCUT2D eigenvalue weighted by Gasteiger charge is 2.25. The molecule has 1 N–H and O–H groups in total. The lowest BCUT2D eigenvalue weighted by molar-refractivity contribution is 0.0929. The predicted octanol–water partition coefficient (Wildman–Crippen LogP) is 1.28. The van der Waals surface area contributed by atoms with Crippen LogP contribution < -0.4 is 10.1 Å². The first-order valence-electron chi connectivity index (χ1n) is 6.03. The lowest BCUT2D eigenvalue weighted by Crippen LogP contribution is -2.35. The number of hydrogen-bond donors (Lipinski definition) is 1. The van der Waals surface area contributed by atoms with Gasteiger partial charge in [-0.2, -0.15) is 0 Å². The van der Waals surface area contributed by atoms with Crippen molar-refractivity contribution in [3.8, 4) is 5.75 Å². The van der Waals surface area contributed by atoms with Crippen molar-refractivity contribution >= 4 is 25.6 Å². The van der Waals surface area contributed by atoms with Gasteiger partial charge in [0.05, 0.1) is 19.8 Å². The maximum absolute atomic E-state index is 13.9. The molecule has 2 rings (SSSR count). The van der Waals surface area contributed by atoms with Crippen molar-refractivity contribution in [2.45, 2.75) is 17.4 Å². The molecule has 0 saturated carbocycles. The molecule has 116 valence electrons. The summed E-state index contributed by atoms with van der Waals surface area (Å²) in [5, 5.41) is 2.63. The molecule has 1 aliphatic heterocycles. The largest absolute Gasteiger partial charge is 0.492 e. The van der Waals surface area contributed by atoms with Crippen LogP contribution in [-0.4, -0.2) is 40.7 Å². The fourth-order valence-corrected chi connectivity index (χ4v) is 3.01. The van der Waals surface area contributed by atoms with Gasteiger partial charge in [-0.1, -0.05) is 0 Å². The first-order valence-corrected chi connectivity index (χ1v) is 8.34. The normalized spacial score (nSPS) is 18.5. The maximum atomic E-state index is 13.9. The van der Waals surface area contributed by atoms with E-state index in [1.165, 1.54) is 0 Å². The maximum Gasteiger partial charge on any atom is 0.265 e. The second-order valence-corrected chi connectivity index (χ2v) is 7.00. The third kappa shape index (κ3) is 3.63. The number of amides is 1. The summed E-state index contributed by atoms with van der Waals surface area (Å²) in [6, 6.07) is 1.70. The van der Waals surface area contributed by atoms with Crippen LogP contribution in [0.3, 0.4) is 0 Å². The van der Waals surface area contributed by atoms with Crippen LogP contribution in [0, 0.1) is 5.82 Å². The molecule has 6 nitrogen and oxygen atoms in total. The minimum absolute atomic E-state index is 0.153. The Bertz CT molecular complexity index is 658. The molecule has 1 atom stereocenters. The van der Waals surface area contributed by atoms with E-state index in [-0.39, 0.29) is 11.6 Å². The summed E-state index contributed by atoms with van der Waals surface area (Å²) in [6.45, 7) is 0.897. The molecule has 0 spiro atoms. The van der Waals surface area contributed by atoms with Crippen molar-refractivity contribution < 1.29 is 27.1 Å².